The first-order chi connectivity index (χ1) is 14.3. The van der Waals surface area contributed by atoms with Crippen LogP contribution in [0.5, 0.6) is 6.01 Å². The van der Waals surface area contributed by atoms with E-state index >= 15 is 0 Å². The second kappa shape index (κ2) is 6.73. The van der Waals surface area contributed by atoms with Crippen molar-refractivity contribution in [2.24, 2.45) is 0 Å². The first-order valence-corrected chi connectivity index (χ1v) is 10.2. The van der Waals surface area contributed by atoms with E-state index in [1.165, 1.54) is 23.6 Å². The quantitative estimate of drug-likeness (QED) is 0.490. The molecule has 0 amide bonds. The molecule has 2 aliphatic heterocycles. The van der Waals surface area contributed by atoms with E-state index in [0.717, 1.165) is 35.7 Å². The minimum atomic E-state index is -0.893. The third-order valence-corrected chi connectivity index (χ3v) is 6.44. The van der Waals surface area contributed by atoms with Crippen LogP contribution >= 0.6 is 11.3 Å². The topological polar surface area (TPSA) is 95.1 Å². The van der Waals surface area contributed by atoms with Crippen molar-refractivity contribution < 1.29 is 18.4 Å². The van der Waals surface area contributed by atoms with Gasteiger partial charge in [-0.15, -0.1) is 0 Å². The third kappa shape index (κ3) is 3.28. The highest BCUT2D eigenvalue weighted by atomic mass is 32.1. The zero-order chi connectivity index (χ0) is 21.0. The van der Waals surface area contributed by atoms with Crippen LogP contribution in [0, 0.1) is 21.7 Å². The second-order valence-electron chi connectivity index (χ2n) is 7.83. The molecule has 4 heterocycles. The van der Waals surface area contributed by atoms with Gasteiger partial charge in [0.15, 0.2) is 11.6 Å². The summed E-state index contributed by atoms with van der Waals surface area (Å²) in [6.07, 6.45) is 3.68. The fourth-order valence-electron chi connectivity index (χ4n) is 4.02. The number of nitro groups is 1. The summed E-state index contributed by atoms with van der Waals surface area (Å²) in [7, 11) is 0. The van der Waals surface area contributed by atoms with Gasteiger partial charge >= 0.3 is 11.8 Å². The molecule has 1 aromatic carbocycles. The molecule has 0 saturated heterocycles. The van der Waals surface area contributed by atoms with Crippen LogP contribution in [0.3, 0.4) is 0 Å². The van der Waals surface area contributed by atoms with Crippen LogP contribution in [0.1, 0.15) is 25.5 Å². The van der Waals surface area contributed by atoms with E-state index in [0.29, 0.717) is 23.5 Å². The molecule has 2 aliphatic rings. The molecule has 0 saturated carbocycles. The lowest BCUT2D eigenvalue weighted by atomic mass is 9.92. The Hall–Kier alpha value is -3.08. The van der Waals surface area contributed by atoms with Crippen LogP contribution in [-0.4, -0.2) is 31.1 Å². The molecule has 0 radical (unpaired) electrons. The number of halogens is 2. The number of fused-ring (bicyclic) bond motifs is 2. The van der Waals surface area contributed by atoms with Crippen molar-refractivity contribution in [1.29, 1.82) is 0 Å². The summed E-state index contributed by atoms with van der Waals surface area (Å²) in [6.45, 7) is 2.45. The second-order valence-corrected chi connectivity index (χ2v) is 8.83. The van der Waals surface area contributed by atoms with Gasteiger partial charge in [-0.3, -0.25) is 4.57 Å². The number of ether oxygens (including phenoxy) is 1. The molecule has 0 fully saturated rings. The van der Waals surface area contributed by atoms with Crippen molar-refractivity contribution in [2.45, 2.75) is 44.4 Å². The first-order valence-electron chi connectivity index (χ1n) is 9.42. The highest BCUT2D eigenvalue weighted by Gasteiger charge is 2.42. The molecule has 5 rings (SSSR count). The molecule has 30 heavy (non-hydrogen) atoms. The number of aryl methyl sites for hydroxylation is 1. The fourth-order valence-corrected chi connectivity index (χ4v) is 5.10. The smallest absolute Gasteiger partial charge is 0.414 e. The highest BCUT2D eigenvalue weighted by Crippen LogP contribution is 2.40. The Morgan fingerprint density at radius 2 is 2.23 bits per heavy atom. The van der Waals surface area contributed by atoms with Crippen molar-refractivity contribution in [1.82, 2.24) is 14.5 Å². The van der Waals surface area contributed by atoms with Gasteiger partial charge in [-0.05, 0) is 42.9 Å². The van der Waals surface area contributed by atoms with Crippen LogP contribution in [-0.2, 0) is 13.0 Å². The summed E-state index contributed by atoms with van der Waals surface area (Å²) >= 11 is 1.41. The van der Waals surface area contributed by atoms with Crippen molar-refractivity contribution in [3.63, 3.8) is 0 Å². The minimum Gasteiger partial charge on any atom is -0.438 e. The van der Waals surface area contributed by atoms with Gasteiger partial charge < -0.3 is 20.2 Å². The van der Waals surface area contributed by atoms with Gasteiger partial charge in [0.1, 0.15) is 21.8 Å². The molecule has 2 atom stereocenters. The zero-order valence-corrected chi connectivity index (χ0v) is 16.7. The van der Waals surface area contributed by atoms with E-state index in [1.807, 2.05) is 6.92 Å². The SMILES string of the molecule is C[C@]1(CC2CCc3nc(-c4ccc(F)c(F)c4)sc3N2)Cn2cc([N+](=O)[O-])nc2O1. The first kappa shape index (κ1) is 18.9. The molecular weight excluding hydrogens is 416 g/mol. The Balaban J connectivity index is 1.29. The number of nitrogens with zero attached hydrogens (tertiary/aromatic N) is 4. The Morgan fingerprint density at radius 3 is 2.97 bits per heavy atom. The summed E-state index contributed by atoms with van der Waals surface area (Å²) in [5.74, 6) is -1.99. The Kier molecular flexibility index (Phi) is 4.24. The van der Waals surface area contributed by atoms with Gasteiger partial charge in [-0.25, -0.2) is 13.8 Å². The maximum absolute atomic E-state index is 13.6. The van der Waals surface area contributed by atoms with E-state index in [9.17, 15) is 18.9 Å². The molecule has 2 aromatic heterocycles. The minimum absolute atomic E-state index is 0.125. The van der Waals surface area contributed by atoms with Gasteiger partial charge in [0.2, 0.25) is 0 Å². The zero-order valence-electron chi connectivity index (χ0n) is 15.9. The van der Waals surface area contributed by atoms with Gasteiger partial charge in [-0.2, -0.15) is 0 Å². The van der Waals surface area contributed by atoms with E-state index in [2.05, 4.69) is 15.3 Å². The van der Waals surface area contributed by atoms with Crippen LogP contribution in [0.2, 0.25) is 0 Å². The van der Waals surface area contributed by atoms with Crippen molar-refractivity contribution in [3.8, 4) is 16.6 Å². The highest BCUT2D eigenvalue weighted by molar-refractivity contribution is 7.19. The van der Waals surface area contributed by atoms with Crippen LogP contribution in [0.15, 0.2) is 24.4 Å². The number of hydrogen-bond acceptors (Lipinski definition) is 7. The molecular formula is C19H17F2N5O3S. The van der Waals surface area contributed by atoms with Gasteiger partial charge in [-0.1, -0.05) is 11.3 Å². The number of nitrogens with one attached hydrogen (secondary N) is 1. The number of anilines is 1. The van der Waals surface area contributed by atoms with Gasteiger partial charge in [0.05, 0.1) is 12.2 Å². The monoisotopic (exact) mass is 433 g/mol. The van der Waals surface area contributed by atoms with Gasteiger partial charge in [0, 0.05) is 23.0 Å². The molecule has 8 nitrogen and oxygen atoms in total. The number of thiazole rings is 1. The molecule has 3 aromatic rings. The average Bonchev–Trinajstić information content (AvgIpc) is 3.34. The summed E-state index contributed by atoms with van der Waals surface area (Å²) in [5.41, 5.74) is 0.932. The van der Waals surface area contributed by atoms with Crippen molar-refractivity contribution >= 4 is 22.2 Å². The predicted octanol–water partition coefficient (Wildman–Crippen LogP) is 4.16. The van der Waals surface area contributed by atoms with Crippen molar-refractivity contribution in [2.75, 3.05) is 5.32 Å². The number of aromatic nitrogens is 3. The standard InChI is InChI=1S/C19H17F2N5O3S/c1-19(9-25-8-15(26(27)28)24-18(25)29-19)7-11-3-5-14-17(22-11)30-16(23-14)10-2-4-12(20)13(21)6-10/h2,4,6,8,11,22H,3,5,7,9H2,1H3/t11?,19-/m0/s1. The van der Waals surface area contributed by atoms with Gasteiger partial charge in [0.25, 0.3) is 0 Å². The summed E-state index contributed by atoms with van der Waals surface area (Å²) in [5, 5.41) is 15.9. The summed E-state index contributed by atoms with van der Waals surface area (Å²) in [6, 6.07) is 4.17. The fraction of sp³-hybridized carbons (Fsp3) is 0.368. The Labute approximate surface area is 173 Å². The van der Waals surface area contributed by atoms with Crippen LogP contribution < -0.4 is 10.1 Å². The Bertz CT molecular complexity index is 1140. The van der Waals surface area contributed by atoms with E-state index in [-0.39, 0.29) is 17.9 Å². The normalized spacial score (nSPS) is 22.2. The Morgan fingerprint density at radius 1 is 1.40 bits per heavy atom. The lowest BCUT2D eigenvalue weighted by Crippen LogP contribution is -2.39. The average molecular weight is 433 g/mol. The molecule has 0 bridgehead atoms. The van der Waals surface area contributed by atoms with E-state index < -0.39 is 22.2 Å². The molecule has 11 heteroatoms. The molecule has 0 aliphatic carbocycles. The number of rotatable bonds is 4. The summed E-state index contributed by atoms with van der Waals surface area (Å²) in [4.78, 5) is 18.8. The number of imidazole rings is 1. The van der Waals surface area contributed by atoms with Crippen LogP contribution in [0.25, 0.3) is 10.6 Å². The largest absolute Gasteiger partial charge is 0.438 e. The lowest BCUT2D eigenvalue weighted by Gasteiger charge is -2.30. The third-order valence-electron chi connectivity index (χ3n) is 5.36. The van der Waals surface area contributed by atoms with E-state index in [1.54, 1.807) is 4.57 Å². The molecule has 0 spiro atoms. The molecule has 1 unspecified atom stereocenters. The maximum Gasteiger partial charge on any atom is 0.414 e. The molecule has 156 valence electrons. The predicted molar refractivity (Wildman–Crippen MR) is 106 cm³/mol. The number of benzene rings is 1. The lowest BCUT2D eigenvalue weighted by molar-refractivity contribution is -0.389. The van der Waals surface area contributed by atoms with E-state index in [4.69, 9.17) is 4.74 Å². The van der Waals surface area contributed by atoms with Crippen LogP contribution in [0.4, 0.5) is 19.6 Å². The van der Waals surface area contributed by atoms with Crippen molar-refractivity contribution in [3.05, 3.63) is 51.8 Å². The maximum atomic E-state index is 13.6. The number of hydrogen-bond donors (Lipinski definition) is 1. The summed E-state index contributed by atoms with van der Waals surface area (Å²) < 4.78 is 34.4. The molecule has 1 N–H and O–H groups in total.